The van der Waals surface area contributed by atoms with E-state index in [-0.39, 0.29) is 16.5 Å². The molecule has 1 amide bonds. The molecule has 7 heteroatoms. The van der Waals surface area contributed by atoms with Crippen LogP contribution in [0.25, 0.3) is 0 Å². The lowest BCUT2D eigenvalue weighted by molar-refractivity contribution is -0.115. The number of para-hydroxylation sites is 1. The SMILES string of the molecule is CC(=O)N(I)c1ccccc1S(=O)(=O)O. The van der Waals surface area contributed by atoms with Gasteiger partial charge in [0, 0.05) is 6.92 Å². The van der Waals surface area contributed by atoms with E-state index in [4.69, 9.17) is 4.55 Å². The Morgan fingerprint density at radius 3 is 2.40 bits per heavy atom. The smallest absolute Gasteiger partial charge is 0.282 e. The third-order valence-electron chi connectivity index (χ3n) is 1.63. The van der Waals surface area contributed by atoms with Crippen LogP contribution in [0.1, 0.15) is 6.92 Å². The van der Waals surface area contributed by atoms with Crippen LogP contribution in [-0.4, -0.2) is 18.9 Å². The standard InChI is InChI=1S/C8H8INO4S/c1-6(11)10(9)7-4-2-3-5-8(7)15(12,13)14/h2-5H,1H3,(H,12,13,14). The Morgan fingerprint density at radius 2 is 1.93 bits per heavy atom. The second-order valence-corrected chi connectivity index (χ2v) is 5.10. The van der Waals surface area contributed by atoms with Crippen molar-refractivity contribution in [3.63, 3.8) is 0 Å². The molecule has 0 aliphatic rings. The average molecular weight is 341 g/mol. The van der Waals surface area contributed by atoms with Crippen LogP contribution in [0.5, 0.6) is 0 Å². The molecule has 0 saturated heterocycles. The van der Waals surface area contributed by atoms with Gasteiger partial charge in [0.2, 0.25) is 5.91 Å². The van der Waals surface area contributed by atoms with Gasteiger partial charge in [-0.3, -0.25) is 12.5 Å². The van der Waals surface area contributed by atoms with Crippen molar-refractivity contribution < 1.29 is 17.8 Å². The Hall–Kier alpha value is -0.670. The van der Waals surface area contributed by atoms with E-state index >= 15 is 0 Å². The van der Waals surface area contributed by atoms with E-state index in [9.17, 15) is 13.2 Å². The summed E-state index contributed by atoms with van der Waals surface area (Å²) >= 11 is 1.67. The van der Waals surface area contributed by atoms with Crippen molar-refractivity contribution in [1.29, 1.82) is 0 Å². The summed E-state index contributed by atoms with van der Waals surface area (Å²) in [6.07, 6.45) is 0. The highest BCUT2D eigenvalue weighted by atomic mass is 127. The third kappa shape index (κ3) is 2.89. The summed E-state index contributed by atoms with van der Waals surface area (Å²) in [6.45, 7) is 1.30. The van der Waals surface area contributed by atoms with Crippen molar-refractivity contribution in [2.45, 2.75) is 11.8 Å². The molecule has 15 heavy (non-hydrogen) atoms. The fraction of sp³-hybridized carbons (Fsp3) is 0.125. The Balaban J connectivity index is 3.37. The molecule has 82 valence electrons. The summed E-state index contributed by atoms with van der Waals surface area (Å²) < 4.78 is 32.0. The van der Waals surface area contributed by atoms with Crippen LogP contribution < -0.4 is 3.11 Å². The van der Waals surface area contributed by atoms with Crippen molar-refractivity contribution in [2.75, 3.05) is 3.11 Å². The number of amides is 1. The van der Waals surface area contributed by atoms with Crippen LogP contribution >= 0.6 is 22.9 Å². The predicted molar refractivity (Wildman–Crippen MR) is 63.4 cm³/mol. The molecule has 1 N–H and O–H groups in total. The topological polar surface area (TPSA) is 74.7 Å². The monoisotopic (exact) mass is 341 g/mol. The molecule has 0 aromatic heterocycles. The molecule has 1 aromatic carbocycles. The fourth-order valence-electron chi connectivity index (χ4n) is 1.01. The quantitative estimate of drug-likeness (QED) is 0.504. The highest BCUT2D eigenvalue weighted by Crippen LogP contribution is 2.27. The molecule has 5 nitrogen and oxygen atoms in total. The molecule has 0 bridgehead atoms. The number of hydrogen-bond acceptors (Lipinski definition) is 3. The molecule has 0 radical (unpaired) electrons. The molecule has 0 fully saturated rings. The Bertz CT molecular complexity index is 485. The van der Waals surface area contributed by atoms with Gasteiger partial charge in [-0.05, 0) is 12.1 Å². The zero-order chi connectivity index (χ0) is 11.6. The fourth-order valence-corrected chi connectivity index (χ4v) is 2.27. The molecule has 0 aliphatic carbocycles. The van der Waals surface area contributed by atoms with E-state index in [1.807, 2.05) is 0 Å². The van der Waals surface area contributed by atoms with E-state index in [2.05, 4.69) is 0 Å². The second kappa shape index (κ2) is 4.45. The third-order valence-corrected chi connectivity index (χ3v) is 3.73. The minimum absolute atomic E-state index is 0.146. The molecule has 0 heterocycles. The van der Waals surface area contributed by atoms with Gasteiger partial charge in [-0.25, -0.2) is 0 Å². The van der Waals surface area contributed by atoms with Crippen LogP contribution in [0, 0.1) is 0 Å². The van der Waals surface area contributed by atoms with Crippen LogP contribution in [0.15, 0.2) is 29.2 Å². The Kier molecular flexibility index (Phi) is 3.68. The summed E-state index contributed by atoms with van der Waals surface area (Å²) in [5.74, 6) is -0.327. The van der Waals surface area contributed by atoms with Gasteiger partial charge >= 0.3 is 0 Å². The number of nitrogens with zero attached hydrogens (tertiary/aromatic N) is 1. The van der Waals surface area contributed by atoms with Gasteiger partial charge in [-0.2, -0.15) is 8.42 Å². The summed E-state index contributed by atoms with van der Waals surface area (Å²) in [5, 5.41) is 0. The first-order valence-corrected chi connectivity index (χ1v) is 6.27. The maximum absolute atomic E-state index is 11.1. The van der Waals surface area contributed by atoms with Gasteiger partial charge in [-0.15, -0.1) is 0 Å². The van der Waals surface area contributed by atoms with E-state index in [1.165, 1.54) is 25.1 Å². The molecule has 0 aliphatic heterocycles. The zero-order valence-corrected chi connectivity index (χ0v) is 10.7. The molecule has 1 rings (SSSR count). The minimum Gasteiger partial charge on any atom is -0.282 e. The first-order chi connectivity index (χ1) is 6.84. The number of rotatable bonds is 2. The summed E-state index contributed by atoms with van der Waals surface area (Å²) in [6, 6.07) is 5.73. The van der Waals surface area contributed by atoms with Crippen LogP contribution in [0.3, 0.4) is 0 Å². The van der Waals surface area contributed by atoms with Gasteiger partial charge in [0.05, 0.1) is 28.6 Å². The lowest BCUT2D eigenvalue weighted by Gasteiger charge is -2.14. The summed E-state index contributed by atoms with van der Waals surface area (Å²) in [4.78, 5) is 10.8. The van der Waals surface area contributed by atoms with Crippen molar-refractivity contribution in [3.8, 4) is 0 Å². The lowest BCUT2D eigenvalue weighted by atomic mass is 10.3. The predicted octanol–water partition coefficient (Wildman–Crippen LogP) is 1.64. The maximum Gasteiger partial charge on any atom is 0.296 e. The van der Waals surface area contributed by atoms with Gasteiger partial charge in [0.1, 0.15) is 4.90 Å². The zero-order valence-electron chi connectivity index (χ0n) is 7.71. The number of anilines is 1. The molecule has 0 spiro atoms. The van der Waals surface area contributed by atoms with Crippen LogP contribution in [0.4, 0.5) is 5.69 Å². The highest BCUT2D eigenvalue weighted by molar-refractivity contribution is 14.1. The van der Waals surface area contributed by atoms with E-state index in [0.717, 1.165) is 3.11 Å². The molecule has 0 atom stereocenters. The van der Waals surface area contributed by atoms with Gasteiger partial charge in [0.25, 0.3) is 10.1 Å². The van der Waals surface area contributed by atoms with Gasteiger partial charge < -0.3 is 0 Å². The van der Waals surface area contributed by atoms with Crippen LogP contribution in [-0.2, 0) is 14.9 Å². The normalized spacial score (nSPS) is 11.1. The van der Waals surface area contributed by atoms with E-state index in [1.54, 1.807) is 28.9 Å². The van der Waals surface area contributed by atoms with Crippen molar-refractivity contribution in [1.82, 2.24) is 0 Å². The second-order valence-electron chi connectivity index (χ2n) is 2.74. The Morgan fingerprint density at radius 1 is 1.40 bits per heavy atom. The van der Waals surface area contributed by atoms with Gasteiger partial charge in [0.15, 0.2) is 0 Å². The molecule has 0 unspecified atom stereocenters. The Labute approximate surface area is 101 Å². The number of hydrogen-bond donors (Lipinski definition) is 1. The summed E-state index contributed by atoms with van der Waals surface area (Å²) in [7, 11) is -4.31. The molecule has 1 aromatic rings. The number of benzene rings is 1. The lowest BCUT2D eigenvalue weighted by Crippen LogP contribution is -2.18. The first-order valence-electron chi connectivity index (χ1n) is 3.87. The molecular formula is C8H8INO4S. The number of carbonyl (C=O) groups is 1. The molecular weight excluding hydrogens is 333 g/mol. The summed E-state index contributed by atoms with van der Waals surface area (Å²) in [5.41, 5.74) is 0.146. The maximum atomic E-state index is 11.1. The molecule has 0 saturated carbocycles. The number of carbonyl (C=O) groups excluding carboxylic acids is 1. The first kappa shape index (κ1) is 12.4. The van der Waals surface area contributed by atoms with Crippen molar-refractivity contribution >= 4 is 44.6 Å². The van der Waals surface area contributed by atoms with Crippen molar-refractivity contribution in [2.24, 2.45) is 0 Å². The van der Waals surface area contributed by atoms with Gasteiger partial charge in [-0.1, -0.05) is 12.1 Å². The minimum atomic E-state index is -4.31. The van der Waals surface area contributed by atoms with Crippen molar-refractivity contribution in [3.05, 3.63) is 24.3 Å². The number of halogens is 1. The largest absolute Gasteiger partial charge is 0.296 e. The van der Waals surface area contributed by atoms with Crippen LogP contribution in [0.2, 0.25) is 0 Å². The average Bonchev–Trinajstić information content (AvgIpc) is 2.15. The van der Waals surface area contributed by atoms with E-state index < -0.39 is 10.1 Å². The van der Waals surface area contributed by atoms with E-state index in [0.29, 0.717) is 0 Å². The highest BCUT2D eigenvalue weighted by Gasteiger charge is 2.19.